The lowest BCUT2D eigenvalue weighted by molar-refractivity contribution is 0.0662. The molecule has 40 heavy (non-hydrogen) atoms. The van der Waals surface area contributed by atoms with E-state index in [2.05, 4.69) is 73.0 Å². The zero-order chi connectivity index (χ0) is 28.9. The molecule has 0 bridgehead atoms. The van der Waals surface area contributed by atoms with E-state index < -0.39 is 14.1 Å². The molecule has 2 saturated heterocycles. The second-order valence-electron chi connectivity index (χ2n) is 13.9. The third-order valence-corrected chi connectivity index (χ3v) is 15.2. The van der Waals surface area contributed by atoms with Crippen molar-refractivity contribution in [2.24, 2.45) is 0 Å². The summed E-state index contributed by atoms with van der Waals surface area (Å²) < 4.78 is 28.1. The van der Waals surface area contributed by atoms with E-state index in [4.69, 9.17) is 25.7 Å². The van der Waals surface area contributed by atoms with Crippen molar-refractivity contribution < 1.29 is 13.6 Å². The van der Waals surface area contributed by atoms with Crippen LogP contribution in [-0.2, 0) is 4.43 Å². The van der Waals surface area contributed by atoms with E-state index in [0.29, 0.717) is 30.4 Å². The van der Waals surface area contributed by atoms with E-state index in [1.807, 2.05) is 0 Å². The van der Waals surface area contributed by atoms with Crippen molar-refractivity contribution in [1.82, 2.24) is 24.8 Å². The largest absolute Gasteiger partial charge is 0.461 e. The number of nitrogens with zero attached hydrogens (tertiary/aromatic N) is 5. The average molecular weight is 593 g/mol. The van der Waals surface area contributed by atoms with Crippen LogP contribution in [0.3, 0.4) is 0 Å². The van der Waals surface area contributed by atoms with Crippen LogP contribution in [0.15, 0.2) is 6.20 Å². The van der Waals surface area contributed by atoms with Crippen molar-refractivity contribution in [2.45, 2.75) is 101 Å². The summed E-state index contributed by atoms with van der Waals surface area (Å²) in [4.78, 5) is 18.1. The molecule has 5 rings (SSSR count). The van der Waals surface area contributed by atoms with Crippen molar-refractivity contribution in [2.75, 3.05) is 45.7 Å². The highest BCUT2D eigenvalue weighted by atomic mass is 35.5. The molecule has 3 aliphatic rings. The number of hydrogen-bond acceptors (Lipinski definition) is 8. The number of aromatic nitrogens is 3. The van der Waals surface area contributed by atoms with E-state index in [-0.39, 0.29) is 32.8 Å². The lowest BCUT2D eigenvalue weighted by Gasteiger charge is -2.47. The van der Waals surface area contributed by atoms with E-state index in [1.165, 1.54) is 12.6 Å². The van der Waals surface area contributed by atoms with Crippen molar-refractivity contribution >= 4 is 36.6 Å². The maximum Gasteiger partial charge on any atom is 0.319 e. The van der Waals surface area contributed by atoms with Crippen LogP contribution < -0.4 is 10.1 Å². The quantitative estimate of drug-likeness (QED) is 0.262. The fraction of sp³-hybridized carbons (Fsp3) is 0.759. The SMILES string of the molecule is CN(C)C1(CNc2nc(OC[C@]34CCCN3[C@@H](CO[Si](C)(C)C(C)(C)C)CC4)nc3c(F)c(Cl)ncc23)CCC1. The number of ether oxygens (including phenoxy) is 1. The zero-order valence-electron chi connectivity index (χ0n) is 25.2. The van der Waals surface area contributed by atoms with Gasteiger partial charge in [-0.1, -0.05) is 32.4 Å². The molecule has 4 heterocycles. The van der Waals surface area contributed by atoms with Crippen LogP contribution in [0.25, 0.3) is 10.9 Å². The van der Waals surface area contributed by atoms with Crippen molar-refractivity contribution in [1.29, 1.82) is 0 Å². The molecule has 3 fully saturated rings. The highest BCUT2D eigenvalue weighted by molar-refractivity contribution is 6.74. The summed E-state index contributed by atoms with van der Waals surface area (Å²) in [5.41, 5.74) is 0.126. The van der Waals surface area contributed by atoms with Gasteiger partial charge in [-0.25, -0.2) is 9.37 Å². The number of pyridine rings is 1. The molecule has 222 valence electrons. The topological polar surface area (TPSA) is 75.6 Å². The Kier molecular flexibility index (Phi) is 8.15. The molecule has 0 unspecified atom stereocenters. The van der Waals surface area contributed by atoms with Gasteiger partial charge < -0.3 is 19.4 Å². The second kappa shape index (κ2) is 10.9. The Labute approximate surface area is 244 Å². The van der Waals surface area contributed by atoms with Gasteiger partial charge in [0.25, 0.3) is 0 Å². The van der Waals surface area contributed by atoms with Crippen LogP contribution in [0.5, 0.6) is 6.01 Å². The Balaban J connectivity index is 1.34. The summed E-state index contributed by atoms with van der Waals surface area (Å²) in [5, 5.41) is 3.97. The number of fused-ring (bicyclic) bond motifs is 2. The molecule has 0 spiro atoms. The number of likely N-dealkylation sites (N-methyl/N-ethyl adjacent to an activating group) is 1. The molecule has 1 N–H and O–H groups in total. The van der Waals surface area contributed by atoms with Gasteiger partial charge in [0.15, 0.2) is 19.3 Å². The lowest BCUT2D eigenvalue weighted by atomic mass is 9.75. The van der Waals surface area contributed by atoms with Gasteiger partial charge in [0.05, 0.1) is 10.9 Å². The number of nitrogens with one attached hydrogen (secondary N) is 1. The van der Waals surface area contributed by atoms with Crippen LogP contribution >= 0.6 is 11.6 Å². The molecule has 0 radical (unpaired) electrons. The number of rotatable bonds is 10. The summed E-state index contributed by atoms with van der Waals surface area (Å²) in [6, 6.07) is 0.563. The van der Waals surface area contributed by atoms with E-state index in [9.17, 15) is 0 Å². The van der Waals surface area contributed by atoms with Gasteiger partial charge in [0.2, 0.25) is 0 Å². The summed E-state index contributed by atoms with van der Waals surface area (Å²) in [6.45, 7) is 14.5. The minimum atomic E-state index is -1.82. The van der Waals surface area contributed by atoms with Crippen LogP contribution in [0.4, 0.5) is 10.2 Å². The second-order valence-corrected chi connectivity index (χ2v) is 19.0. The van der Waals surface area contributed by atoms with E-state index in [1.54, 1.807) is 0 Å². The number of hydrogen-bond donors (Lipinski definition) is 1. The molecule has 2 aliphatic heterocycles. The first-order chi connectivity index (χ1) is 18.8. The normalized spacial score (nSPS) is 24.9. The highest BCUT2D eigenvalue weighted by Crippen LogP contribution is 2.44. The van der Waals surface area contributed by atoms with Crippen LogP contribution in [0.1, 0.15) is 65.7 Å². The standard InChI is InChI=1S/C29H46ClFN6O2Si/c1-27(2,3)40(6,7)39-17-20-10-14-29(13-9-15-37(20)29)19-38-26-34-23-21(16-32-24(30)22(23)31)25(35-26)33-18-28(36(4)5)11-8-12-28/h16,20H,8-15,17-19H2,1-7H3,(H,33,34,35)/t20-,29-/m1/s1. The van der Waals surface area contributed by atoms with Gasteiger partial charge in [0.1, 0.15) is 17.9 Å². The fourth-order valence-corrected chi connectivity index (χ4v) is 7.52. The fourth-order valence-electron chi connectivity index (χ4n) is 6.34. The Bertz CT molecular complexity index is 1240. The molecule has 2 aromatic heterocycles. The summed E-state index contributed by atoms with van der Waals surface area (Å²) in [5.74, 6) is -0.117. The third kappa shape index (κ3) is 5.46. The lowest BCUT2D eigenvalue weighted by Crippen LogP contribution is -2.54. The minimum Gasteiger partial charge on any atom is -0.461 e. The average Bonchev–Trinajstić information content (AvgIpc) is 3.42. The molecule has 1 aliphatic carbocycles. The Morgan fingerprint density at radius 2 is 1.93 bits per heavy atom. The van der Waals surface area contributed by atoms with Crippen molar-refractivity contribution in [3.05, 3.63) is 17.2 Å². The zero-order valence-corrected chi connectivity index (χ0v) is 27.0. The summed E-state index contributed by atoms with van der Waals surface area (Å²) in [7, 11) is 2.39. The smallest absolute Gasteiger partial charge is 0.319 e. The van der Waals surface area contributed by atoms with E-state index in [0.717, 1.165) is 51.7 Å². The predicted octanol–water partition coefficient (Wildman–Crippen LogP) is 6.11. The molecule has 8 nitrogen and oxygen atoms in total. The maximum absolute atomic E-state index is 15.1. The van der Waals surface area contributed by atoms with Gasteiger partial charge in [-0.3, -0.25) is 4.90 Å². The molecular formula is C29H46ClFN6O2Si. The summed E-state index contributed by atoms with van der Waals surface area (Å²) in [6.07, 6.45) is 9.29. The monoisotopic (exact) mass is 592 g/mol. The van der Waals surface area contributed by atoms with Crippen molar-refractivity contribution in [3.63, 3.8) is 0 Å². The third-order valence-electron chi connectivity index (χ3n) is 10.4. The highest BCUT2D eigenvalue weighted by Gasteiger charge is 2.50. The van der Waals surface area contributed by atoms with Gasteiger partial charge in [-0.2, -0.15) is 9.97 Å². The minimum absolute atomic E-state index is 0.0609. The van der Waals surface area contributed by atoms with Crippen LogP contribution in [-0.4, -0.2) is 90.6 Å². The van der Waals surface area contributed by atoms with Crippen LogP contribution in [0.2, 0.25) is 23.3 Å². The van der Waals surface area contributed by atoms with E-state index >= 15 is 4.39 Å². The summed E-state index contributed by atoms with van der Waals surface area (Å²) >= 11 is 6.04. The van der Waals surface area contributed by atoms with Gasteiger partial charge >= 0.3 is 6.01 Å². The number of anilines is 1. The number of halogens is 2. The van der Waals surface area contributed by atoms with Gasteiger partial charge in [0, 0.05) is 30.9 Å². The molecule has 11 heteroatoms. The molecule has 0 aromatic carbocycles. The molecular weight excluding hydrogens is 547 g/mol. The first-order valence-electron chi connectivity index (χ1n) is 14.7. The van der Waals surface area contributed by atoms with Gasteiger partial charge in [-0.05, 0) is 83.7 Å². The first kappa shape index (κ1) is 29.9. The molecule has 0 amide bonds. The van der Waals surface area contributed by atoms with Gasteiger partial charge in [-0.15, -0.1) is 0 Å². The Hall–Kier alpha value is -1.59. The molecule has 2 atom stereocenters. The molecule has 1 saturated carbocycles. The Morgan fingerprint density at radius 1 is 1.18 bits per heavy atom. The van der Waals surface area contributed by atoms with Crippen molar-refractivity contribution in [3.8, 4) is 6.01 Å². The van der Waals surface area contributed by atoms with Crippen LogP contribution in [0, 0.1) is 5.82 Å². The maximum atomic E-state index is 15.1. The predicted molar refractivity (Wildman–Crippen MR) is 161 cm³/mol. The first-order valence-corrected chi connectivity index (χ1v) is 18.0. The Morgan fingerprint density at radius 3 is 2.58 bits per heavy atom. The molecule has 2 aromatic rings.